The van der Waals surface area contributed by atoms with E-state index in [1.807, 2.05) is 0 Å². The quantitative estimate of drug-likeness (QED) is 0.746. The standard InChI is InChI=1S/C15H24N2O3/c1-12(2)9-13(6-8-18)10-16-14(19)11-17-7-4-3-5-15(17)20/h3-5,7,12-13,18H,6,8-11H2,1-2H3,(H,16,19). The van der Waals surface area contributed by atoms with Crippen LogP contribution in [0.2, 0.25) is 0 Å². The molecule has 0 aliphatic heterocycles. The molecule has 1 amide bonds. The van der Waals surface area contributed by atoms with Crippen molar-refractivity contribution >= 4 is 5.91 Å². The highest BCUT2D eigenvalue weighted by Gasteiger charge is 2.12. The van der Waals surface area contributed by atoms with Crippen molar-refractivity contribution in [2.75, 3.05) is 13.2 Å². The summed E-state index contributed by atoms with van der Waals surface area (Å²) < 4.78 is 1.37. The number of nitrogens with zero attached hydrogens (tertiary/aromatic N) is 1. The minimum absolute atomic E-state index is 0.0349. The third kappa shape index (κ3) is 6.02. The number of hydrogen-bond acceptors (Lipinski definition) is 3. The Bertz CT molecular complexity index is 468. The van der Waals surface area contributed by atoms with Crippen LogP contribution in [0, 0.1) is 11.8 Å². The lowest BCUT2D eigenvalue weighted by molar-refractivity contribution is -0.121. The third-order valence-electron chi connectivity index (χ3n) is 3.14. The SMILES string of the molecule is CC(C)CC(CCO)CNC(=O)Cn1ccccc1=O. The fraction of sp³-hybridized carbons (Fsp3) is 0.600. The van der Waals surface area contributed by atoms with E-state index in [9.17, 15) is 9.59 Å². The number of carbonyl (C=O) groups is 1. The molecule has 1 heterocycles. The molecule has 1 unspecified atom stereocenters. The number of hydrogen-bond donors (Lipinski definition) is 2. The first-order valence-electron chi connectivity index (χ1n) is 7.06. The monoisotopic (exact) mass is 280 g/mol. The predicted octanol–water partition coefficient (Wildman–Crippen LogP) is 1.01. The number of carbonyl (C=O) groups excluding carboxylic acids is 1. The molecule has 2 N–H and O–H groups in total. The van der Waals surface area contributed by atoms with Crippen LogP contribution in [-0.4, -0.2) is 28.7 Å². The van der Waals surface area contributed by atoms with E-state index in [0.29, 0.717) is 18.9 Å². The summed E-state index contributed by atoms with van der Waals surface area (Å²) in [6, 6.07) is 4.80. The topological polar surface area (TPSA) is 71.3 Å². The van der Waals surface area contributed by atoms with E-state index in [4.69, 9.17) is 5.11 Å². The fourth-order valence-corrected chi connectivity index (χ4v) is 2.21. The molecule has 0 spiro atoms. The summed E-state index contributed by atoms with van der Waals surface area (Å²) in [5.41, 5.74) is -0.184. The van der Waals surface area contributed by atoms with Crippen LogP contribution in [0.5, 0.6) is 0 Å². The molecule has 0 fully saturated rings. The maximum atomic E-state index is 11.8. The lowest BCUT2D eigenvalue weighted by atomic mass is 9.94. The zero-order chi connectivity index (χ0) is 15.0. The van der Waals surface area contributed by atoms with E-state index in [-0.39, 0.29) is 30.5 Å². The number of aromatic nitrogens is 1. The maximum Gasteiger partial charge on any atom is 0.250 e. The minimum atomic E-state index is -0.184. The Hall–Kier alpha value is -1.62. The zero-order valence-electron chi connectivity index (χ0n) is 12.2. The van der Waals surface area contributed by atoms with Gasteiger partial charge < -0.3 is 15.0 Å². The average Bonchev–Trinajstić information content (AvgIpc) is 2.38. The molecular formula is C15H24N2O3. The van der Waals surface area contributed by atoms with Crippen molar-refractivity contribution in [3.05, 3.63) is 34.7 Å². The summed E-state index contributed by atoms with van der Waals surface area (Å²) >= 11 is 0. The Balaban J connectivity index is 2.45. The van der Waals surface area contributed by atoms with Crippen molar-refractivity contribution < 1.29 is 9.90 Å². The predicted molar refractivity (Wildman–Crippen MR) is 78.4 cm³/mol. The van der Waals surface area contributed by atoms with Crippen LogP contribution >= 0.6 is 0 Å². The van der Waals surface area contributed by atoms with Crippen LogP contribution in [0.4, 0.5) is 0 Å². The second-order valence-corrected chi connectivity index (χ2v) is 5.48. The van der Waals surface area contributed by atoms with Gasteiger partial charge in [0.25, 0.3) is 5.56 Å². The lowest BCUT2D eigenvalue weighted by Crippen LogP contribution is -2.35. The van der Waals surface area contributed by atoms with Gasteiger partial charge >= 0.3 is 0 Å². The van der Waals surface area contributed by atoms with Crippen molar-refractivity contribution in [2.24, 2.45) is 11.8 Å². The van der Waals surface area contributed by atoms with Crippen molar-refractivity contribution in [3.8, 4) is 0 Å². The molecule has 0 saturated heterocycles. The van der Waals surface area contributed by atoms with E-state index < -0.39 is 0 Å². The molecule has 112 valence electrons. The Kier molecular flexibility index (Phi) is 7.01. The molecule has 1 aromatic rings. The number of pyridine rings is 1. The molecule has 1 atom stereocenters. The Morgan fingerprint density at radius 2 is 2.15 bits per heavy atom. The Morgan fingerprint density at radius 3 is 2.75 bits per heavy atom. The average molecular weight is 280 g/mol. The smallest absolute Gasteiger partial charge is 0.250 e. The molecule has 20 heavy (non-hydrogen) atoms. The van der Waals surface area contributed by atoms with Gasteiger partial charge in [-0.1, -0.05) is 19.9 Å². The second-order valence-electron chi connectivity index (χ2n) is 5.48. The normalized spacial score (nSPS) is 12.4. The number of aliphatic hydroxyl groups excluding tert-OH is 1. The van der Waals surface area contributed by atoms with Crippen LogP contribution in [-0.2, 0) is 11.3 Å². The highest BCUT2D eigenvalue weighted by molar-refractivity contribution is 5.75. The van der Waals surface area contributed by atoms with Gasteiger partial charge in [0.05, 0.1) is 0 Å². The van der Waals surface area contributed by atoms with E-state index in [0.717, 1.165) is 6.42 Å². The fourth-order valence-electron chi connectivity index (χ4n) is 2.21. The molecule has 1 aromatic heterocycles. The highest BCUT2D eigenvalue weighted by atomic mass is 16.3. The van der Waals surface area contributed by atoms with E-state index in [1.165, 1.54) is 10.6 Å². The van der Waals surface area contributed by atoms with Gasteiger partial charge in [0.1, 0.15) is 6.54 Å². The Labute approximate surface area is 119 Å². The first kappa shape index (κ1) is 16.4. The maximum absolute atomic E-state index is 11.8. The van der Waals surface area contributed by atoms with Gasteiger partial charge in [-0.25, -0.2) is 0 Å². The lowest BCUT2D eigenvalue weighted by Gasteiger charge is -2.18. The molecule has 0 radical (unpaired) electrons. The van der Waals surface area contributed by atoms with Crippen LogP contribution in [0.25, 0.3) is 0 Å². The Morgan fingerprint density at radius 1 is 1.40 bits per heavy atom. The van der Waals surface area contributed by atoms with E-state index in [1.54, 1.807) is 18.3 Å². The summed E-state index contributed by atoms with van der Waals surface area (Å²) in [6.07, 6.45) is 3.25. The molecule has 0 bridgehead atoms. The van der Waals surface area contributed by atoms with Crippen molar-refractivity contribution in [1.82, 2.24) is 9.88 Å². The number of nitrogens with one attached hydrogen (secondary N) is 1. The first-order chi connectivity index (χ1) is 9.52. The second kappa shape index (κ2) is 8.53. The van der Waals surface area contributed by atoms with Gasteiger partial charge in [-0.15, -0.1) is 0 Å². The summed E-state index contributed by atoms with van der Waals surface area (Å²) in [5.74, 6) is 0.627. The van der Waals surface area contributed by atoms with E-state index in [2.05, 4.69) is 19.2 Å². The van der Waals surface area contributed by atoms with Crippen molar-refractivity contribution in [3.63, 3.8) is 0 Å². The summed E-state index contributed by atoms with van der Waals surface area (Å²) in [4.78, 5) is 23.3. The molecule has 5 nitrogen and oxygen atoms in total. The summed E-state index contributed by atoms with van der Waals surface area (Å²) in [6.45, 7) is 4.95. The largest absolute Gasteiger partial charge is 0.396 e. The van der Waals surface area contributed by atoms with Gasteiger partial charge in [-0.05, 0) is 30.7 Å². The van der Waals surface area contributed by atoms with Gasteiger partial charge in [0.15, 0.2) is 0 Å². The van der Waals surface area contributed by atoms with Gasteiger partial charge in [0.2, 0.25) is 5.91 Å². The van der Waals surface area contributed by atoms with Crippen LogP contribution in [0.3, 0.4) is 0 Å². The van der Waals surface area contributed by atoms with Crippen molar-refractivity contribution in [2.45, 2.75) is 33.2 Å². The number of aliphatic hydroxyl groups is 1. The molecular weight excluding hydrogens is 256 g/mol. The summed E-state index contributed by atoms with van der Waals surface area (Å²) in [7, 11) is 0. The van der Waals surface area contributed by atoms with Crippen LogP contribution in [0.1, 0.15) is 26.7 Å². The van der Waals surface area contributed by atoms with Crippen LogP contribution in [0.15, 0.2) is 29.2 Å². The first-order valence-corrected chi connectivity index (χ1v) is 7.06. The molecule has 5 heteroatoms. The van der Waals surface area contributed by atoms with Crippen molar-refractivity contribution in [1.29, 1.82) is 0 Å². The van der Waals surface area contributed by atoms with Gasteiger partial charge in [0, 0.05) is 25.4 Å². The molecule has 0 saturated carbocycles. The molecule has 0 aliphatic carbocycles. The van der Waals surface area contributed by atoms with Gasteiger partial charge in [-0.3, -0.25) is 9.59 Å². The third-order valence-corrected chi connectivity index (χ3v) is 3.14. The zero-order valence-corrected chi connectivity index (χ0v) is 12.2. The minimum Gasteiger partial charge on any atom is -0.396 e. The molecule has 0 aromatic carbocycles. The van der Waals surface area contributed by atoms with Crippen LogP contribution < -0.4 is 10.9 Å². The van der Waals surface area contributed by atoms with E-state index >= 15 is 0 Å². The molecule has 1 rings (SSSR count). The van der Waals surface area contributed by atoms with Gasteiger partial charge in [-0.2, -0.15) is 0 Å². The highest BCUT2D eigenvalue weighted by Crippen LogP contribution is 2.14. The number of rotatable bonds is 8. The summed E-state index contributed by atoms with van der Waals surface area (Å²) in [5, 5.41) is 11.9. The molecule has 0 aliphatic rings. The number of amides is 1.